The number of thiazole rings is 1. The minimum atomic E-state index is -1.04. The van der Waals surface area contributed by atoms with Gasteiger partial charge < -0.3 is 25.2 Å². The van der Waals surface area contributed by atoms with E-state index in [1.807, 2.05) is 0 Å². The molecule has 208 valence electrons. The van der Waals surface area contributed by atoms with Crippen LogP contribution in [0.3, 0.4) is 0 Å². The number of carbonyl (C=O) groups excluding carboxylic acids is 1. The Morgan fingerprint density at radius 1 is 1.13 bits per heavy atom. The van der Waals surface area contributed by atoms with Crippen molar-refractivity contribution in [2.45, 2.75) is 39.7 Å². The second-order valence-electron chi connectivity index (χ2n) is 10.4. The minimum absolute atomic E-state index is 0.0534. The summed E-state index contributed by atoms with van der Waals surface area (Å²) in [5.41, 5.74) is 1.81. The van der Waals surface area contributed by atoms with Gasteiger partial charge in [-0.25, -0.2) is 19.7 Å². The third-order valence-corrected chi connectivity index (χ3v) is 9.57. The van der Waals surface area contributed by atoms with Gasteiger partial charge in [0, 0.05) is 50.9 Å². The Bertz CT molecular complexity index is 1380. The van der Waals surface area contributed by atoms with Crippen LogP contribution in [0.25, 0.3) is 11.4 Å². The third-order valence-electron chi connectivity index (χ3n) is 7.52. The molecule has 2 aliphatic rings. The van der Waals surface area contributed by atoms with Crippen LogP contribution in [0.15, 0.2) is 12.4 Å². The maximum absolute atomic E-state index is 12.9. The van der Waals surface area contributed by atoms with Gasteiger partial charge >= 0.3 is 5.97 Å². The van der Waals surface area contributed by atoms with Crippen LogP contribution in [0.1, 0.15) is 52.5 Å². The van der Waals surface area contributed by atoms with E-state index in [4.69, 9.17) is 28.2 Å². The number of aromatic amines is 1. The SMILES string of the molecule is Cc1[nH]c(C(=O)C[C@@H]2CCN(c3nc(-c4cnc(N5CCN[C@H](C)C5)cn4)c(C(=O)O)s3)C[C@@H]2C)c(Cl)c1Cl. The summed E-state index contributed by atoms with van der Waals surface area (Å²) >= 11 is 13.5. The first-order chi connectivity index (χ1) is 18.6. The fourth-order valence-corrected chi connectivity index (χ4v) is 6.67. The lowest BCUT2D eigenvalue weighted by Gasteiger charge is -2.36. The lowest BCUT2D eigenvalue weighted by molar-refractivity contribution is 0.0702. The Morgan fingerprint density at radius 3 is 2.54 bits per heavy atom. The zero-order chi connectivity index (χ0) is 27.8. The maximum atomic E-state index is 12.9. The lowest BCUT2D eigenvalue weighted by atomic mass is 9.83. The van der Waals surface area contributed by atoms with Crippen molar-refractivity contribution in [3.63, 3.8) is 0 Å². The zero-order valence-electron chi connectivity index (χ0n) is 22.0. The van der Waals surface area contributed by atoms with E-state index in [0.717, 1.165) is 43.2 Å². The molecule has 13 heteroatoms. The Hall–Kier alpha value is -2.73. The number of hydrogen-bond acceptors (Lipinski definition) is 9. The average molecular weight is 593 g/mol. The molecule has 0 unspecified atom stereocenters. The van der Waals surface area contributed by atoms with Crippen LogP contribution in [0, 0.1) is 18.8 Å². The van der Waals surface area contributed by atoms with Gasteiger partial charge in [-0.05, 0) is 32.1 Å². The minimum Gasteiger partial charge on any atom is -0.477 e. The van der Waals surface area contributed by atoms with Crippen molar-refractivity contribution in [1.29, 1.82) is 0 Å². The number of carbonyl (C=O) groups is 2. The average Bonchev–Trinajstić information content (AvgIpc) is 3.48. The largest absolute Gasteiger partial charge is 0.477 e. The van der Waals surface area contributed by atoms with Crippen molar-refractivity contribution >= 4 is 57.2 Å². The summed E-state index contributed by atoms with van der Waals surface area (Å²) in [4.78, 5) is 46.2. The van der Waals surface area contributed by atoms with E-state index in [9.17, 15) is 14.7 Å². The second-order valence-corrected chi connectivity index (χ2v) is 12.1. The predicted molar refractivity (Wildman–Crippen MR) is 154 cm³/mol. The van der Waals surface area contributed by atoms with Gasteiger partial charge in [-0.3, -0.25) is 4.79 Å². The zero-order valence-corrected chi connectivity index (χ0v) is 24.3. The Balaban J connectivity index is 1.29. The molecule has 3 aromatic heterocycles. The van der Waals surface area contributed by atoms with Crippen LogP contribution in [-0.2, 0) is 0 Å². The van der Waals surface area contributed by atoms with Gasteiger partial charge in [0.25, 0.3) is 0 Å². The van der Waals surface area contributed by atoms with Crippen LogP contribution in [-0.4, -0.2) is 75.6 Å². The first-order valence-corrected chi connectivity index (χ1v) is 14.6. The highest BCUT2D eigenvalue weighted by Crippen LogP contribution is 2.37. The summed E-state index contributed by atoms with van der Waals surface area (Å²) in [6.45, 7) is 9.89. The van der Waals surface area contributed by atoms with Gasteiger partial charge in [-0.1, -0.05) is 41.5 Å². The molecule has 0 aliphatic carbocycles. The van der Waals surface area contributed by atoms with Crippen molar-refractivity contribution in [2.24, 2.45) is 11.8 Å². The number of halogens is 2. The Kier molecular flexibility index (Phi) is 8.14. The molecule has 2 aliphatic heterocycles. The van der Waals surface area contributed by atoms with Crippen molar-refractivity contribution < 1.29 is 14.7 Å². The van der Waals surface area contributed by atoms with Gasteiger partial charge in [0.1, 0.15) is 27.8 Å². The van der Waals surface area contributed by atoms with E-state index in [2.05, 4.69) is 43.9 Å². The molecular weight excluding hydrogens is 561 g/mol. The number of aromatic nitrogens is 4. The van der Waals surface area contributed by atoms with Gasteiger partial charge in [0.15, 0.2) is 10.9 Å². The number of aromatic carboxylic acids is 1. The number of nitrogens with zero attached hydrogens (tertiary/aromatic N) is 5. The fourth-order valence-electron chi connectivity index (χ4n) is 5.28. The summed E-state index contributed by atoms with van der Waals surface area (Å²) in [7, 11) is 0. The Labute approximate surface area is 240 Å². The molecule has 39 heavy (non-hydrogen) atoms. The highest BCUT2D eigenvalue weighted by molar-refractivity contribution is 7.17. The Morgan fingerprint density at radius 2 is 1.92 bits per heavy atom. The number of nitrogens with one attached hydrogen (secondary N) is 2. The topological polar surface area (TPSA) is 127 Å². The van der Waals surface area contributed by atoms with E-state index >= 15 is 0 Å². The number of ketones is 1. The number of Topliss-reactive ketones (excluding diaryl/α,β-unsaturated/α-hetero) is 1. The first-order valence-electron chi connectivity index (χ1n) is 13.0. The fraction of sp³-hybridized carbons (Fsp3) is 0.500. The molecule has 5 heterocycles. The number of aryl methyl sites for hydroxylation is 1. The molecule has 0 radical (unpaired) electrons. The summed E-state index contributed by atoms with van der Waals surface area (Å²) in [6, 6.07) is 0.360. The number of H-pyrrole nitrogens is 1. The molecule has 3 N–H and O–H groups in total. The molecule has 2 fully saturated rings. The second kappa shape index (κ2) is 11.4. The molecule has 0 aromatic carbocycles. The van der Waals surface area contributed by atoms with Gasteiger partial charge in [-0.2, -0.15) is 0 Å². The lowest BCUT2D eigenvalue weighted by Crippen LogP contribution is -2.49. The predicted octanol–water partition coefficient (Wildman–Crippen LogP) is 4.78. The monoisotopic (exact) mass is 591 g/mol. The highest BCUT2D eigenvalue weighted by Gasteiger charge is 2.32. The first kappa shape index (κ1) is 27.8. The van der Waals surface area contributed by atoms with Gasteiger partial charge in [-0.15, -0.1) is 0 Å². The summed E-state index contributed by atoms with van der Waals surface area (Å²) < 4.78 is 0. The normalized spacial score (nSPS) is 21.8. The summed E-state index contributed by atoms with van der Waals surface area (Å²) in [5.74, 6) is 0.0249. The van der Waals surface area contributed by atoms with E-state index in [0.29, 0.717) is 58.5 Å². The number of hydrogen-bond donors (Lipinski definition) is 3. The molecule has 5 rings (SSSR count). The summed E-state index contributed by atoms with van der Waals surface area (Å²) in [5, 5.41) is 14.6. The van der Waals surface area contributed by atoms with Gasteiger partial charge in [0.2, 0.25) is 0 Å². The van der Waals surface area contributed by atoms with E-state index in [-0.39, 0.29) is 27.5 Å². The van der Waals surface area contributed by atoms with E-state index in [1.54, 1.807) is 19.3 Å². The van der Waals surface area contributed by atoms with Crippen LogP contribution < -0.4 is 15.1 Å². The van der Waals surface area contributed by atoms with Gasteiger partial charge in [0.05, 0.1) is 22.4 Å². The number of carboxylic acids is 1. The number of piperidine rings is 1. The van der Waals surface area contributed by atoms with Crippen molar-refractivity contribution in [2.75, 3.05) is 42.5 Å². The number of piperazine rings is 1. The molecule has 10 nitrogen and oxygen atoms in total. The van der Waals surface area contributed by atoms with Crippen molar-refractivity contribution in [3.05, 3.63) is 38.7 Å². The standard InChI is InChI=1S/C26H31Cl2N7O3S/c1-13-11-35(6-4-16(13)8-18(36)23-21(28)20(27)15(3)32-23)26-33-22(24(39-26)25(37)38)17-9-31-19(10-30-17)34-7-5-29-14(2)12-34/h9-10,13-14,16,29,32H,4-8,11-12H2,1-3H3,(H,37,38)/t13-,14+,16-/m0/s1. The van der Waals surface area contributed by atoms with Crippen LogP contribution in [0.2, 0.25) is 10.0 Å². The quantitative estimate of drug-likeness (QED) is 0.333. The van der Waals surface area contributed by atoms with Crippen LogP contribution in [0.4, 0.5) is 10.9 Å². The number of anilines is 2. The van der Waals surface area contributed by atoms with Crippen LogP contribution >= 0.6 is 34.5 Å². The maximum Gasteiger partial charge on any atom is 0.348 e. The third kappa shape index (κ3) is 5.77. The molecule has 0 saturated carbocycles. The molecule has 2 saturated heterocycles. The molecular formula is C26H31Cl2N7O3S. The van der Waals surface area contributed by atoms with Crippen molar-refractivity contribution in [3.8, 4) is 11.4 Å². The molecule has 3 atom stereocenters. The highest BCUT2D eigenvalue weighted by atomic mass is 35.5. The van der Waals surface area contributed by atoms with Crippen LogP contribution in [0.5, 0.6) is 0 Å². The number of carboxylic acid groups (broad SMARTS) is 1. The number of rotatable bonds is 7. The molecule has 0 bridgehead atoms. The summed E-state index contributed by atoms with van der Waals surface area (Å²) in [6.07, 6.45) is 4.43. The molecule has 0 spiro atoms. The van der Waals surface area contributed by atoms with E-state index < -0.39 is 5.97 Å². The molecule has 0 amide bonds. The van der Waals surface area contributed by atoms with Crippen molar-refractivity contribution in [1.82, 2.24) is 25.3 Å². The van der Waals surface area contributed by atoms with E-state index in [1.165, 1.54) is 0 Å². The smallest absolute Gasteiger partial charge is 0.348 e. The molecule has 3 aromatic rings.